The van der Waals surface area contributed by atoms with Gasteiger partial charge in [0.25, 0.3) is 0 Å². The summed E-state index contributed by atoms with van der Waals surface area (Å²) in [5.74, 6) is -0.375. The van der Waals surface area contributed by atoms with E-state index in [1.807, 2.05) is 6.92 Å². The zero-order valence-corrected chi connectivity index (χ0v) is 12.4. The van der Waals surface area contributed by atoms with Crippen molar-refractivity contribution < 1.29 is 14.3 Å². The molecule has 1 fully saturated rings. The number of nitrogens with one attached hydrogen (secondary N) is 2. The first-order valence-electron chi connectivity index (χ1n) is 7.18. The molecule has 114 valence electrons. The second-order valence-corrected chi connectivity index (χ2v) is 4.90. The van der Waals surface area contributed by atoms with Crippen molar-refractivity contribution in [2.45, 2.75) is 19.8 Å². The summed E-state index contributed by atoms with van der Waals surface area (Å²) in [7, 11) is 1.36. The van der Waals surface area contributed by atoms with Gasteiger partial charge in [-0.3, -0.25) is 0 Å². The van der Waals surface area contributed by atoms with E-state index in [9.17, 15) is 9.59 Å². The normalized spacial score (nSPS) is 13.9. The molecule has 2 amide bonds. The maximum atomic E-state index is 11.7. The van der Waals surface area contributed by atoms with Crippen molar-refractivity contribution in [2.24, 2.45) is 0 Å². The number of carbonyl (C=O) groups is 2. The van der Waals surface area contributed by atoms with Crippen LogP contribution in [-0.4, -0.2) is 38.7 Å². The van der Waals surface area contributed by atoms with E-state index in [-0.39, 0.29) is 12.0 Å². The predicted molar refractivity (Wildman–Crippen MR) is 81.9 cm³/mol. The molecule has 0 bridgehead atoms. The largest absolute Gasteiger partial charge is 0.465 e. The van der Waals surface area contributed by atoms with Gasteiger partial charge in [-0.25, -0.2) is 9.59 Å². The molecule has 1 saturated heterocycles. The number of urea groups is 1. The molecule has 0 aliphatic carbocycles. The van der Waals surface area contributed by atoms with Gasteiger partial charge in [0.05, 0.1) is 24.0 Å². The molecule has 2 rings (SSSR count). The van der Waals surface area contributed by atoms with Crippen LogP contribution in [0, 0.1) is 0 Å². The number of anilines is 2. The fourth-order valence-corrected chi connectivity index (χ4v) is 2.43. The Kier molecular flexibility index (Phi) is 5.03. The molecule has 1 heterocycles. The Balaban J connectivity index is 2.29. The second kappa shape index (κ2) is 6.97. The molecular weight excluding hydrogens is 270 g/mol. The number of hydrogen-bond donors (Lipinski definition) is 2. The Morgan fingerprint density at radius 2 is 2.00 bits per heavy atom. The third kappa shape index (κ3) is 3.65. The highest BCUT2D eigenvalue weighted by Gasteiger charge is 2.19. The van der Waals surface area contributed by atoms with E-state index in [1.165, 1.54) is 7.11 Å². The number of hydrogen-bond acceptors (Lipinski definition) is 4. The van der Waals surface area contributed by atoms with E-state index >= 15 is 0 Å². The number of nitrogens with zero attached hydrogens (tertiary/aromatic N) is 1. The Labute approximate surface area is 124 Å². The summed E-state index contributed by atoms with van der Waals surface area (Å²) in [5.41, 5.74) is 2.05. The van der Waals surface area contributed by atoms with Crippen LogP contribution in [-0.2, 0) is 4.74 Å². The third-order valence-corrected chi connectivity index (χ3v) is 3.45. The maximum Gasteiger partial charge on any atom is 0.337 e. The maximum absolute atomic E-state index is 11.7. The fourth-order valence-electron chi connectivity index (χ4n) is 2.43. The van der Waals surface area contributed by atoms with Crippen LogP contribution >= 0.6 is 0 Å². The average Bonchev–Trinajstić information content (AvgIpc) is 3.01. The summed E-state index contributed by atoms with van der Waals surface area (Å²) in [6.45, 7) is 4.27. The zero-order valence-electron chi connectivity index (χ0n) is 12.4. The van der Waals surface area contributed by atoms with Crippen molar-refractivity contribution >= 4 is 23.4 Å². The highest BCUT2D eigenvalue weighted by molar-refractivity contribution is 5.97. The summed E-state index contributed by atoms with van der Waals surface area (Å²) < 4.78 is 4.76. The Morgan fingerprint density at radius 1 is 1.29 bits per heavy atom. The lowest BCUT2D eigenvalue weighted by Crippen LogP contribution is -2.29. The van der Waals surface area contributed by atoms with Gasteiger partial charge in [-0.15, -0.1) is 0 Å². The van der Waals surface area contributed by atoms with Gasteiger partial charge in [-0.2, -0.15) is 0 Å². The Hall–Kier alpha value is -2.24. The molecule has 1 aromatic carbocycles. The van der Waals surface area contributed by atoms with Crippen molar-refractivity contribution in [1.82, 2.24) is 5.32 Å². The van der Waals surface area contributed by atoms with Gasteiger partial charge in [0.2, 0.25) is 0 Å². The average molecular weight is 291 g/mol. The number of benzene rings is 1. The van der Waals surface area contributed by atoms with Gasteiger partial charge in [0.15, 0.2) is 0 Å². The van der Waals surface area contributed by atoms with Crippen LogP contribution in [0.1, 0.15) is 30.1 Å². The summed E-state index contributed by atoms with van der Waals surface area (Å²) in [5, 5.41) is 5.53. The molecular formula is C15H21N3O3. The van der Waals surface area contributed by atoms with Crippen molar-refractivity contribution in [3.63, 3.8) is 0 Å². The lowest BCUT2D eigenvalue weighted by molar-refractivity contribution is 0.0601. The van der Waals surface area contributed by atoms with Gasteiger partial charge in [0.1, 0.15) is 0 Å². The first kappa shape index (κ1) is 15.2. The minimum absolute atomic E-state index is 0.247. The SMILES string of the molecule is CCNC(=O)Nc1ccc(C(=O)OC)cc1N1CCCC1. The van der Waals surface area contributed by atoms with Crippen LogP contribution in [0.2, 0.25) is 0 Å². The second-order valence-electron chi connectivity index (χ2n) is 4.90. The Bertz CT molecular complexity index is 525. The molecule has 0 spiro atoms. The number of carbonyl (C=O) groups excluding carboxylic acids is 2. The van der Waals surface area contributed by atoms with Crippen LogP contribution in [0.4, 0.5) is 16.2 Å². The highest BCUT2D eigenvalue weighted by Crippen LogP contribution is 2.30. The minimum Gasteiger partial charge on any atom is -0.465 e. The van der Waals surface area contributed by atoms with Crippen molar-refractivity contribution in [3.8, 4) is 0 Å². The van der Waals surface area contributed by atoms with Gasteiger partial charge in [-0.1, -0.05) is 0 Å². The van der Waals surface area contributed by atoms with Gasteiger partial charge >= 0.3 is 12.0 Å². The minimum atomic E-state index is -0.375. The van der Waals surface area contributed by atoms with Crippen LogP contribution in [0.25, 0.3) is 0 Å². The van der Waals surface area contributed by atoms with E-state index in [0.29, 0.717) is 17.8 Å². The van der Waals surface area contributed by atoms with Gasteiger partial charge in [-0.05, 0) is 38.0 Å². The third-order valence-electron chi connectivity index (χ3n) is 3.45. The van der Waals surface area contributed by atoms with Crippen molar-refractivity contribution in [3.05, 3.63) is 23.8 Å². The fraction of sp³-hybridized carbons (Fsp3) is 0.467. The molecule has 0 radical (unpaired) electrons. The van der Waals surface area contributed by atoms with Gasteiger partial charge < -0.3 is 20.3 Å². The predicted octanol–water partition coefficient (Wildman–Crippen LogP) is 2.21. The molecule has 0 unspecified atom stereocenters. The lowest BCUT2D eigenvalue weighted by Gasteiger charge is -2.22. The highest BCUT2D eigenvalue weighted by atomic mass is 16.5. The van der Waals surface area contributed by atoms with E-state index in [4.69, 9.17) is 4.74 Å². The van der Waals surface area contributed by atoms with Crippen molar-refractivity contribution in [2.75, 3.05) is 37.0 Å². The number of ether oxygens (including phenoxy) is 1. The van der Waals surface area contributed by atoms with Crippen LogP contribution in [0.15, 0.2) is 18.2 Å². The van der Waals surface area contributed by atoms with Crippen LogP contribution in [0.3, 0.4) is 0 Å². The molecule has 0 saturated carbocycles. The molecule has 1 aliphatic heterocycles. The zero-order chi connectivity index (χ0) is 15.2. The number of amides is 2. The van der Waals surface area contributed by atoms with E-state index in [1.54, 1.807) is 18.2 Å². The standard InChI is InChI=1S/C15H21N3O3/c1-3-16-15(20)17-12-7-6-11(14(19)21-2)10-13(12)18-8-4-5-9-18/h6-7,10H,3-5,8-9H2,1-2H3,(H2,16,17,20). The molecule has 0 aromatic heterocycles. The first-order valence-corrected chi connectivity index (χ1v) is 7.18. The quantitative estimate of drug-likeness (QED) is 0.834. The molecule has 6 nitrogen and oxygen atoms in total. The monoisotopic (exact) mass is 291 g/mol. The van der Waals surface area contributed by atoms with E-state index in [2.05, 4.69) is 15.5 Å². The summed E-state index contributed by atoms with van der Waals surface area (Å²) in [4.78, 5) is 25.6. The summed E-state index contributed by atoms with van der Waals surface area (Å²) in [6.07, 6.45) is 2.23. The number of rotatable bonds is 4. The van der Waals surface area contributed by atoms with Crippen LogP contribution in [0.5, 0.6) is 0 Å². The Morgan fingerprint density at radius 3 is 2.62 bits per heavy atom. The molecule has 0 atom stereocenters. The molecule has 2 N–H and O–H groups in total. The lowest BCUT2D eigenvalue weighted by atomic mass is 10.1. The molecule has 1 aromatic rings. The number of esters is 1. The molecule has 1 aliphatic rings. The smallest absolute Gasteiger partial charge is 0.337 e. The number of methoxy groups -OCH3 is 1. The summed E-state index contributed by atoms with van der Waals surface area (Å²) in [6, 6.07) is 4.93. The molecule has 6 heteroatoms. The van der Waals surface area contributed by atoms with Crippen molar-refractivity contribution in [1.29, 1.82) is 0 Å². The topological polar surface area (TPSA) is 70.7 Å². The first-order chi connectivity index (χ1) is 10.2. The van der Waals surface area contributed by atoms with Crippen LogP contribution < -0.4 is 15.5 Å². The molecule has 21 heavy (non-hydrogen) atoms. The van der Waals surface area contributed by atoms with E-state index < -0.39 is 0 Å². The van der Waals surface area contributed by atoms with E-state index in [0.717, 1.165) is 31.6 Å². The summed E-state index contributed by atoms with van der Waals surface area (Å²) >= 11 is 0. The van der Waals surface area contributed by atoms with Gasteiger partial charge in [0, 0.05) is 19.6 Å².